The van der Waals surface area contributed by atoms with Crippen LogP contribution in [0.4, 0.5) is 15.4 Å². The van der Waals surface area contributed by atoms with Gasteiger partial charge in [-0.15, -0.1) is 0 Å². The summed E-state index contributed by atoms with van der Waals surface area (Å²) in [5, 5.41) is 16.9. The van der Waals surface area contributed by atoms with Crippen LogP contribution in [0.3, 0.4) is 0 Å². The summed E-state index contributed by atoms with van der Waals surface area (Å²) < 4.78 is 24.3. The number of aromatic hydroxyl groups is 1. The third-order valence-corrected chi connectivity index (χ3v) is 18.6. The van der Waals surface area contributed by atoms with Crippen LogP contribution < -0.4 is 24.2 Å². The average molecular weight is 1310 g/mol. The van der Waals surface area contributed by atoms with Crippen LogP contribution in [0.5, 0.6) is 17.2 Å². The minimum atomic E-state index is -0.391. The molecule has 0 atom stereocenters. The number of fused-ring (bicyclic) bond motifs is 3. The molecule has 1 N–H and O–H groups in total. The van der Waals surface area contributed by atoms with E-state index < -0.39 is 5.97 Å². The zero-order valence-corrected chi connectivity index (χ0v) is 53.1. The van der Waals surface area contributed by atoms with Crippen LogP contribution in [-0.4, -0.2) is 146 Å². The first-order valence-electron chi connectivity index (χ1n) is 27.2. The van der Waals surface area contributed by atoms with Gasteiger partial charge in [0.25, 0.3) is 0 Å². The number of carbonyl (C=O) groups is 1. The molecule has 6 aromatic carbocycles. The summed E-state index contributed by atoms with van der Waals surface area (Å²) in [6.07, 6.45) is 0. The normalized spacial score (nSPS) is 15.3. The highest BCUT2D eigenvalue weighted by molar-refractivity contribution is 7.23. The molecule has 12 rings (SSSR count). The fourth-order valence-electron chi connectivity index (χ4n) is 9.92. The van der Waals surface area contributed by atoms with E-state index in [1.54, 1.807) is 72.3 Å². The lowest BCUT2D eigenvalue weighted by Crippen LogP contribution is -2.45. The Kier molecular flexibility index (Phi) is 21.7. The summed E-state index contributed by atoms with van der Waals surface area (Å²) in [6.45, 7) is 15.8. The molecule has 0 amide bonds. The molecule has 442 valence electrons. The number of hydrogen-bond acceptors (Lipinski definition) is 18. The number of piperazine rings is 3. The molecule has 84 heavy (non-hydrogen) atoms. The quantitative estimate of drug-likeness (QED) is 0.0726. The summed E-state index contributed by atoms with van der Waals surface area (Å²) in [7, 11) is 1.60. The predicted molar refractivity (Wildman–Crippen MR) is 347 cm³/mol. The van der Waals surface area contributed by atoms with Gasteiger partial charge in [0.15, 0.2) is 28.8 Å². The van der Waals surface area contributed by atoms with E-state index in [1.165, 1.54) is 0 Å². The Hall–Kier alpha value is -5.16. The van der Waals surface area contributed by atoms with Crippen LogP contribution >= 0.6 is 104 Å². The van der Waals surface area contributed by atoms with Gasteiger partial charge < -0.3 is 38.8 Å². The molecule has 6 heterocycles. The van der Waals surface area contributed by atoms with Crippen LogP contribution in [0.25, 0.3) is 30.6 Å². The van der Waals surface area contributed by atoms with Crippen molar-refractivity contribution >= 4 is 156 Å². The summed E-state index contributed by atoms with van der Waals surface area (Å²) in [6, 6.07) is 34.1. The number of methoxy groups -OCH3 is 1. The lowest BCUT2D eigenvalue weighted by molar-refractivity contribution is -0.145. The lowest BCUT2D eigenvalue weighted by Gasteiger charge is -2.34. The molecular formula is C60H61Cl6N9O6S3. The molecule has 9 aromatic rings. The third kappa shape index (κ3) is 17.3. The summed E-state index contributed by atoms with van der Waals surface area (Å²) in [4.78, 5) is 39.9. The number of benzene rings is 6. The molecule has 24 heteroatoms. The number of carbonyl (C=O) groups excluding carboxylic acids is 1. The fraction of sp³-hybridized carbons (Fsp3) is 0.333. The first-order chi connectivity index (χ1) is 40.7. The standard InChI is InChI=1S/C22H23Cl2N3O3S.C20H21Cl2N3O2S.C18H17Cl2N3OS/c1-2-29-21(28)14-30-18-10-15(9-17(24)11-18)13-26-5-7-27(8-6-26)22-25-19-4-3-16(23)12-20(19)31-22;1-26-13-27-17-9-14(8-16(22)10-17)12-24-4-6-25(7-5-24)20-23-18-3-2-15(21)11-19(18)28-20;19-13-1-2-16-17(10-13)25-18(21-16)23-5-3-22(4-6-23)11-12-7-14(20)9-15(24)8-12/h3-4,9-12H,2,5-8,13-14H2,1H3;2-3,8-11H,4-7,12-13H2,1H3;1-2,7-10,24H,3-6,11H2. The molecular weight excluding hydrogens is 1250 g/mol. The maximum absolute atomic E-state index is 11.5. The van der Waals surface area contributed by atoms with E-state index in [-0.39, 0.29) is 19.1 Å². The highest BCUT2D eigenvalue weighted by Gasteiger charge is 2.24. The second kappa shape index (κ2) is 29.5. The van der Waals surface area contributed by atoms with Crippen molar-refractivity contribution in [3.05, 3.63) is 156 Å². The molecule has 3 fully saturated rings. The maximum atomic E-state index is 11.5. The molecule has 3 aromatic heterocycles. The molecule has 3 saturated heterocycles. The molecule has 0 radical (unpaired) electrons. The first-order valence-corrected chi connectivity index (χ1v) is 32.0. The Morgan fingerprint density at radius 3 is 1.21 bits per heavy atom. The average Bonchev–Trinajstić information content (AvgIpc) is 4.13. The Labute approximate surface area is 530 Å². The zero-order chi connectivity index (χ0) is 58.7. The molecule has 0 unspecified atom stereocenters. The number of phenolic OH excluding ortho intramolecular Hbond substituents is 1. The number of ether oxygens (including phenoxy) is 4. The van der Waals surface area contributed by atoms with E-state index in [2.05, 4.69) is 29.4 Å². The molecule has 3 aliphatic heterocycles. The van der Waals surface area contributed by atoms with Crippen LogP contribution in [0, 0.1) is 0 Å². The van der Waals surface area contributed by atoms with Gasteiger partial charge in [-0.05, 0) is 133 Å². The minimum Gasteiger partial charge on any atom is -0.508 e. The number of esters is 1. The Morgan fingerprint density at radius 2 is 0.845 bits per heavy atom. The van der Waals surface area contributed by atoms with E-state index in [1.807, 2.05) is 84.9 Å². The topological polar surface area (TPSA) is 132 Å². The first kappa shape index (κ1) is 61.9. The number of rotatable bonds is 16. The number of phenols is 1. The fourth-order valence-corrected chi connectivity index (χ4v) is 14.5. The minimum absolute atomic E-state index is 0.125. The number of hydrogen-bond donors (Lipinski definition) is 1. The van der Waals surface area contributed by atoms with Gasteiger partial charge in [-0.25, -0.2) is 19.7 Å². The van der Waals surface area contributed by atoms with E-state index in [0.29, 0.717) is 27.4 Å². The van der Waals surface area contributed by atoms with Crippen molar-refractivity contribution in [2.24, 2.45) is 0 Å². The van der Waals surface area contributed by atoms with Crippen molar-refractivity contribution in [2.45, 2.75) is 26.6 Å². The predicted octanol–water partition coefficient (Wildman–Crippen LogP) is 14.4. The maximum Gasteiger partial charge on any atom is 0.344 e. The Balaban J connectivity index is 0.000000141. The second-order valence-corrected chi connectivity index (χ2v) is 25.8. The zero-order valence-electron chi connectivity index (χ0n) is 46.1. The van der Waals surface area contributed by atoms with Gasteiger partial charge in [0.1, 0.15) is 17.2 Å². The number of nitrogens with zero attached hydrogens (tertiary/aromatic N) is 9. The number of halogens is 6. The number of thiazole rings is 3. The lowest BCUT2D eigenvalue weighted by atomic mass is 10.2. The SMILES string of the molecule is CCOC(=O)COc1cc(Cl)cc(CN2CCN(c3nc4ccc(Cl)cc4s3)CC2)c1.COCOc1cc(Cl)cc(CN2CCN(c3nc4ccc(Cl)cc4s3)CC2)c1.Oc1cc(Cl)cc(CN2CCN(c3nc4ccc(Cl)cc4s3)CC2)c1. The Morgan fingerprint density at radius 1 is 0.476 bits per heavy atom. The number of anilines is 3. The van der Waals surface area contributed by atoms with E-state index in [4.69, 9.17) is 104 Å². The van der Waals surface area contributed by atoms with Gasteiger partial charge in [-0.2, -0.15) is 0 Å². The third-order valence-electron chi connectivity index (χ3n) is 14.0. The largest absolute Gasteiger partial charge is 0.508 e. The molecule has 0 spiro atoms. The molecule has 0 bridgehead atoms. The monoisotopic (exact) mass is 1310 g/mol. The summed E-state index contributed by atoms with van der Waals surface area (Å²) in [5.74, 6) is 1.13. The van der Waals surface area contributed by atoms with Crippen molar-refractivity contribution in [1.82, 2.24) is 29.7 Å². The van der Waals surface area contributed by atoms with E-state index in [0.717, 1.165) is 182 Å². The van der Waals surface area contributed by atoms with Crippen molar-refractivity contribution in [2.75, 3.05) is 120 Å². The number of aromatic nitrogens is 3. The van der Waals surface area contributed by atoms with Gasteiger partial charge in [-0.1, -0.05) is 104 Å². The van der Waals surface area contributed by atoms with Crippen molar-refractivity contribution < 1.29 is 28.8 Å². The summed E-state index contributed by atoms with van der Waals surface area (Å²) in [5.41, 5.74) is 6.22. The van der Waals surface area contributed by atoms with Crippen LogP contribution in [0.15, 0.2) is 109 Å². The van der Waals surface area contributed by atoms with Gasteiger partial charge >= 0.3 is 5.97 Å². The highest BCUT2D eigenvalue weighted by atomic mass is 35.5. The second-order valence-electron chi connectivity index (χ2n) is 20.2. The molecule has 15 nitrogen and oxygen atoms in total. The smallest absolute Gasteiger partial charge is 0.344 e. The van der Waals surface area contributed by atoms with Crippen LogP contribution in [0.2, 0.25) is 30.1 Å². The molecule has 0 saturated carbocycles. The molecule has 0 aliphatic carbocycles. The summed E-state index contributed by atoms with van der Waals surface area (Å²) >= 11 is 41.8. The van der Waals surface area contributed by atoms with Gasteiger partial charge in [0.2, 0.25) is 0 Å². The van der Waals surface area contributed by atoms with Crippen molar-refractivity contribution in [1.29, 1.82) is 0 Å². The van der Waals surface area contributed by atoms with Crippen LogP contribution in [0.1, 0.15) is 23.6 Å². The Bertz CT molecular complexity index is 3660. The van der Waals surface area contributed by atoms with E-state index >= 15 is 0 Å². The van der Waals surface area contributed by atoms with Gasteiger partial charge in [-0.3, -0.25) is 14.7 Å². The molecule has 3 aliphatic rings. The van der Waals surface area contributed by atoms with Crippen molar-refractivity contribution in [3.8, 4) is 17.2 Å². The van der Waals surface area contributed by atoms with E-state index in [9.17, 15) is 9.90 Å². The van der Waals surface area contributed by atoms with Crippen LogP contribution in [-0.2, 0) is 33.9 Å². The van der Waals surface area contributed by atoms with Crippen molar-refractivity contribution in [3.63, 3.8) is 0 Å². The van der Waals surface area contributed by atoms with Gasteiger partial charge in [0, 0.05) is 135 Å². The highest BCUT2D eigenvalue weighted by Crippen LogP contribution is 2.35. The van der Waals surface area contributed by atoms with Gasteiger partial charge in [0.05, 0.1) is 37.3 Å².